The Hall–Kier alpha value is -3.16. The van der Waals surface area contributed by atoms with Crippen molar-refractivity contribution in [2.75, 3.05) is 25.0 Å². The molecule has 6 nitrogen and oxygen atoms in total. The lowest BCUT2D eigenvalue weighted by Crippen LogP contribution is -2.34. The van der Waals surface area contributed by atoms with Gasteiger partial charge in [-0.2, -0.15) is 0 Å². The summed E-state index contributed by atoms with van der Waals surface area (Å²) in [5.74, 6) is -0.406. The van der Waals surface area contributed by atoms with Gasteiger partial charge in [-0.25, -0.2) is 0 Å². The number of nitrogens with one attached hydrogen (secondary N) is 1. The minimum atomic E-state index is -0.300. The average molecular weight is 519 g/mol. The van der Waals surface area contributed by atoms with Crippen LogP contribution in [0.4, 0.5) is 5.69 Å². The molecule has 6 rings (SSSR count). The molecule has 172 valence electrons. The first kappa shape index (κ1) is 21.4. The highest BCUT2D eigenvalue weighted by molar-refractivity contribution is 9.10. The maximum Gasteiger partial charge on any atom is 0.254 e. The Bertz CT molecular complexity index is 1450. The number of likely N-dealkylation sites (tertiary alicyclic amines) is 1. The Morgan fingerprint density at radius 2 is 1.82 bits per heavy atom. The van der Waals surface area contributed by atoms with Crippen LogP contribution in [0.25, 0.3) is 21.9 Å². The van der Waals surface area contributed by atoms with E-state index in [9.17, 15) is 9.59 Å². The zero-order valence-corrected chi connectivity index (χ0v) is 20.2. The molecular formula is C27H23BrN2O4. The summed E-state index contributed by atoms with van der Waals surface area (Å²) in [6, 6.07) is 19.2. The van der Waals surface area contributed by atoms with E-state index >= 15 is 0 Å². The predicted molar refractivity (Wildman–Crippen MR) is 134 cm³/mol. The van der Waals surface area contributed by atoms with Crippen LogP contribution in [0.2, 0.25) is 0 Å². The van der Waals surface area contributed by atoms with Crippen LogP contribution in [0.5, 0.6) is 0 Å². The molecule has 2 aliphatic rings. The van der Waals surface area contributed by atoms with E-state index in [0.717, 1.165) is 37.7 Å². The van der Waals surface area contributed by atoms with Crippen molar-refractivity contribution in [3.05, 3.63) is 76.3 Å². The van der Waals surface area contributed by atoms with Gasteiger partial charge in [-0.15, -0.1) is 0 Å². The lowest BCUT2D eigenvalue weighted by atomic mass is 9.92. The molecule has 0 spiro atoms. The van der Waals surface area contributed by atoms with Gasteiger partial charge in [0.05, 0.1) is 18.6 Å². The summed E-state index contributed by atoms with van der Waals surface area (Å²) < 4.78 is 12.8. The van der Waals surface area contributed by atoms with Gasteiger partial charge in [0, 0.05) is 45.5 Å². The summed E-state index contributed by atoms with van der Waals surface area (Å²) in [6.45, 7) is 3.33. The third-order valence-corrected chi connectivity index (χ3v) is 7.50. The Morgan fingerprint density at radius 3 is 2.68 bits per heavy atom. The second-order valence-electron chi connectivity index (χ2n) is 9.11. The number of amides is 2. The predicted octanol–water partition coefficient (Wildman–Crippen LogP) is 5.38. The number of hydrogen-bond donors (Lipinski definition) is 1. The Kier molecular flexibility index (Phi) is 5.19. The van der Waals surface area contributed by atoms with Gasteiger partial charge in [0.25, 0.3) is 5.91 Å². The van der Waals surface area contributed by atoms with Crippen molar-refractivity contribution < 1.29 is 18.7 Å². The summed E-state index contributed by atoms with van der Waals surface area (Å²) in [5, 5.41) is 5.05. The molecule has 1 N–H and O–H groups in total. The van der Waals surface area contributed by atoms with Crippen LogP contribution in [0.1, 0.15) is 15.9 Å². The Morgan fingerprint density at radius 1 is 1.00 bits per heavy atom. The molecule has 2 aliphatic heterocycles. The van der Waals surface area contributed by atoms with E-state index in [1.807, 2.05) is 72.5 Å². The zero-order valence-electron chi connectivity index (χ0n) is 18.6. The number of furan rings is 1. The third kappa shape index (κ3) is 3.60. The second kappa shape index (κ2) is 8.25. The van der Waals surface area contributed by atoms with Gasteiger partial charge < -0.3 is 19.4 Å². The molecular weight excluding hydrogens is 496 g/mol. The molecule has 2 fully saturated rings. The smallest absolute Gasteiger partial charge is 0.254 e. The van der Waals surface area contributed by atoms with Crippen molar-refractivity contribution in [2.45, 2.75) is 13.0 Å². The molecule has 2 amide bonds. The number of nitrogens with zero attached hydrogens (tertiary/aromatic N) is 1. The summed E-state index contributed by atoms with van der Waals surface area (Å²) in [6.07, 6.45) is -0.115. The van der Waals surface area contributed by atoms with E-state index in [-0.39, 0.29) is 29.8 Å². The van der Waals surface area contributed by atoms with E-state index in [2.05, 4.69) is 21.2 Å². The fourth-order valence-electron chi connectivity index (χ4n) is 5.22. The standard InChI is InChI=1S/C27H23BrN2O4/c1-15-10-16(28)6-8-18(15)27(32)30-12-21-22(14-33-25(21)13-30)26(31)29-17-7-9-24-20(11-17)19-4-2-3-5-23(19)34-24/h2-11,21-22,25H,12-14H2,1H3,(H,29,31)/t21-,22+,25-/m1/s1. The van der Waals surface area contributed by atoms with E-state index in [4.69, 9.17) is 9.15 Å². The van der Waals surface area contributed by atoms with Crippen LogP contribution in [-0.2, 0) is 9.53 Å². The Balaban J connectivity index is 1.18. The molecule has 1 aromatic heterocycles. The number of hydrogen-bond acceptors (Lipinski definition) is 4. The number of ether oxygens (including phenoxy) is 1. The van der Waals surface area contributed by atoms with Gasteiger partial charge >= 0.3 is 0 Å². The average Bonchev–Trinajstić information content (AvgIpc) is 3.51. The SMILES string of the molecule is Cc1cc(Br)ccc1C(=O)N1C[C@@H]2[C@@H](C(=O)Nc3ccc4oc5ccccc5c4c3)CO[C@@H]2C1. The summed E-state index contributed by atoms with van der Waals surface area (Å²) in [4.78, 5) is 28.2. The molecule has 0 bridgehead atoms. The lowest BCUT2D eigenvalue weighted by Gasteiger charge is -2.20. The van der Waals surface area contributed by atoms with Crippen LogP contribution in [0.15, 0.2) is 69.6 Å². The number of rotatable bonds is 3. The molecule has 0 radical (unpaired) electrons. The zero-order chi connectivity index (χ0) is 23.4. The van der Waals surface area contributed by atoms with Gasteiger partial charge in [0.15, 0.2) is 0 Å². The van der Waals surface area contributed by atoms with Crippen LogP contribution in [0, 0.1) is 18.8 Å². The van der Waals surface area contributed by atoms with Crippen LogP contribution < -0.4 is 5.32 Å². The maximum absolute atomic E-state index is 13.2. The molecule has 2 saturated heterocycles. The van der Waals surface area contributed by atoms with E-state index in [0.29, 0.717) is 25.3 Å². The molecule has 3 atom stereocenters. The number of benzene rings is 3. The highest BCUT2D eigenvalue weighted by atomic mass is 79.9. The number of carbonyl (C=O) groups excluding carboxylic acids is 2. The van der Waals surface area contributed by atoms with Gasteiger partial charge in [0.1, 0.15) is 11.2 Å². The first-order valence-electron chi connectivity index (χ1n) is 11.4. The number of fused-ring (bicyclic) bond motifs is 4. The molecule has 0 unspecified atom stereocenters. The van der Waals surface area contributed by atoms with E-state index < -0.39 is 0 Å². The summed E-state index contributed by atoms with van der Waals surface area (Å²) >= 11 is 3.45. The largest absolute Gasteiger partial charge is 0.456 e. The van der Waals surface area contributed by atoms with Gasteiger partial charge in [0.2, 0.25) is 5.91 Å². The van der Waals surface area contributed by atoms with Crippen molar-refractivity contribution in [2.24, 2.45) is 11.8 Å². The van der Waals surface area contributed by atoms with Gasteiger partial charge in [-0.05, 0) is 55.0 Å². The highest BCUT2D eigenvalue weighted by Gasteiger charge is 2.48. The molecule has 7 heteroatoms. The monoisotopic (exact) mass is 518 g/mol. The van der Waals surface area contributed by atoms with Crippen molar-refractivity contribution in [1.29, 1.82) is 0 Å². The molecule has 34 heavy (non-hydrogen) atoms. The number of halogens is 1. The van der Waals surface area contributed by atoms with Crippen molar-refractivity contribution in [1.82, 2.24) is 4.90 Å². The number of carbonyl (C=O) groups is 2. The summed E-state index contributed by atoms with van der Waals surface area (Å²) in [5.41, 5.74) is 3.95. The van der Waals surface area contributed by atoms with Crippen molar-refractivity contribution in [3.8, 4) is 0 Å². The molecule has 0 aliphatic carbocycles. The fourth-order valence-corrected chi connectivity index (χ4v) is 5.70. The van der Waals surface area contributed by atoms with Crippen molar-refractivity contribution >= 4 is 55.4 Å². The number of aryl methyl sites for hydroxylation is 1. The molecule has 0 saturated carbocycles. The highest BCUT2D eigenvalue weighted by Crippen LogP contribution is 2.36. The lowest BCUT2D eigenvalue weighted by molar-refractivity contribution is -0.120. The summed E-state index contributed by atoms with van der Waals surface area (Å²) in [7, 11) is 0. The maximum atomic E-state index is 13.2. The van der Waals surface area contributed by atoms with E-state index in [1.165, 1.54) is 0 Å². The van der Waals surface area contributed by atoms with Crippen molar-refractivity contribution in [3.63, 3.8) is 0 Å². The van der Waals surface area contributed by atoms with Gasteiger partial charge in [-0.1, -0.05) is 34.1 Å². The van der Waals surface area contributed by atoms with Crippen LogP contribution in [-0.4, -0.2) is 42.5 Å². The van der Waals surface area contributed by atoms with Crippen LogP contribution in [0.3, 0.4) is 0 Å². The molecule has 3 aromatic carbocycles. The normalized spacial score (nSPS) is 21.8. The van der Waals surface area contributed by atoms with Crippen LogP contribution >= 0.6 is 15.9 Å². The second-order valence-corrected chi connectivity index (χ2v) is 10.0. The first-order valence-corrected chi connectivity index (χ1v) is 12.2. The van der Waals surface area contributed by atoms with E-state index in [1.54, 1.807) is 0 Å². The molecule has 3 heterocycles. The third-order valence-electron chi connectivity index (χ3n) is 7.00. The number of anilines is 1. The molecule has 4 aromatic rings. The quantitative estimate of drug-likeness (QED) is 0.395. The minimum absolute atomic E-state index is 0.0144. The minimum Gasteiger partial charge on any atom is -0.456 e. The fraction of sp³-hybridized carbons (Fsp3) is 0.259. The first-order chi connectivity index (χ1) is 16.5. The van der Waals surface area contributed by atoms with Gasteiger partial charge in [-0.3, -0.25) is 9.59 Å². The Labute approximate surface area is 205 Å². The topological polar surface area (TPSA) is 71.8 Å². The number of para-hydroxylation sites is 1.